The van der Waals surface area contributed by atoms with Gasteiger partial charge in [0.05, 0.1) is 5.56 Å². The highest BCUT2D eigenvalue weighted by molar-refractivity contribution is 5.84. The summed E-state index contributed by atoms with van der Waals surface area (Å²) >= 11 is 0. The van der Waals surface area contributed by atoms with Crippen molar-refractivity contribution >= 4 is 17.8 Å². The first-order chi connectivity index (χ1) is 12.8. The van der Waals surface area contributed by atoms with E-state index in [-0.39, 0.29) is 24.0 Å². The van der Waals surface area contributed by atoms with E-state index >= 15 is 0 Å². The molecule has 148 valence electrons. The first-order valence-electron chi connectivity index (χ1n) is 9.37. The fraction of sp³-hybridized carbons (Fsp3) is 0.524. The van der Waals surface area contributed by atoms with Gasteiger partial charge in [-0.2, -0.15) is 13.2 Å². The SMILES string of the molecule is O=C(O)CCCCCC[C@@H]1C(=O)CC[C@H]1C=Cc1ccc(C(F)(F)F)cc1. The second kappa shape index (κ2) is 9.72. The van der Waals surface area contributed by atoms with Crippen LogP contribution in [0.5, 0.6) is 0 Å². The summed E-state index contributed by atoms with van der Waals surface area (Å²) in [5.41, 5.74) is 0.0197. The molecule has 1 aliphatic carbocycles. The number of halogens is 3. The van der Waals surface area contributed by atoms with Crippen LogP contribution in [0.15, 0.2) is 30.3 Å². The Bertz CT molecular complexity index is 662. The van der Waals surface area contributed by atoms with E-state index in [0.717, 1.165) is 44.2 Å². The van der Waals surface area contributed by atoms with Gasteiger partial charge < -0.3 is 5.11 Å². The Balaban J connectivity index is 1.84. The van der Waals surface area contributed by atoms with Gasteiger partial charge in [0.2, 0.25) is 0 Å². The Labute approximate surface area is 157 Å². The predicted molar refractivity (Wildman–Crippen MR) is 97.0 cm³/mol. The zero-order valence-electron chi connectivity index (χ0n) is 15.2. The molecule has 0 amide bonds. The molecule has 1 aliphatic rings. The van der Waals surface area contributed by atoms with E-state index in [1.807, 2.05) is 6.08 Å². The smallest absolute Gasteiger partial charge is 0.416 e. The van der Waals surface area contributed by atoms with Crippen molar-refractivity contribution in [2.24, 2.45) is 11.8 Å². The van der Waals surface area contributed by atoms with Crippen molar-refractivity contribution in [1.82, 2.24) is 0 Å². The van der Waals surface area contributed by atoms with Crippen LogP contribution in [0.2, 0.25) is 0 Å². The van der Waals surface area contributed by atoms with Crippen LogP contribution in [0.25, 0.3) is 6.08 Å². The Morgan fingerprint density at radius 1 is 1.11 bits per heavy atom. The van der Waals surface area contributed by atoms with Gasteiger partial charge in [-0.15, -0.1) is 0 Å². The molecule has 1 saturated carbocycles. The second-order valence-electron chi connectivity index (χ2n) is 7.10. The van der Waals surface area contributed by atoms with Crippen molar-refractivity contribution in [3.8, 4) is 0 Å². The zero-order chi connectivity index (χ0) is 19.9. The van der Waals surface area contributed by atoms with E-state index in [4.69, 9.17) is 5.11 Å². The first kappa shape index (κ1) is 21.2. The standard InChI is InChI=1S/C21H25F3O3/c22-21(23,24)17-12-8-15(9-13-17)7-10-16-11-14-19(25)18(16)5-3-1-2-4-6-20(26)27/h7-10,12-13,16,18H,1-6,11,14H2,(H,26,27)/t16-,18+/m1/s1. The molecule has 0 saturated heterocycles. The van der Waals surface area contributed by atoms with Gasteiger partial charge in [0.25, 0.3) is 0 Å². The minimum Gasteiger partial charge on any atom is -0.481 e. The van der Waals surface area contributed by atoms with Gasteiger partial charge in [-0.3, -0.25) is 9.59 Å². The van der Waals surface area contributed by atoms with E-state index in [1.165, 1.54) is 12.1 Å². The van der Waals surface area contributed by atoms with E-state index in [9.17, 15) is 22.8 Å². The summed E-state index contributed by atoms with van der Waals surface area (Å²) in [6, 6.07) is 5.00. The van der Waals surface area contributed by atoms with Crippen molar-refractivity contribution in [1.29, 1.82) is 0 Å². The first-order valence-corrected chi connectivity index (χ1v) is 9.37. The molecular weight excluding hydrogens is 357 g/mol. The van der Waals surface area contributed by atoms with Crippen LogP contribution in [0, 0.1) is 11.8 Å². The summed E-state index contributed by atoms with van der Waals surface area (Å²) in [6.45, 7) is 0. The number of hydrogen-bond donors (Lipinski definition) is 1. The summed E-state index contributed by atoms with van der Waals surface area (Å²) in [5.74, 6) is -0.439. The molecule has 0 radical (unpaired) electrons. The van der Waals surface area contributed by atoms with Gasteiger partial charge in [-0.1, -0.05) is 43.5 Å². The molecule has 1 N–H and O–H groups in total. The van der Waals surface area contributed by atoms with Gasteiger partial charge in [-0.05, 0) is 42.9 Å². The summed E-state index contributed by atoms with van der Waals surface area (Å²) in [7, 11) is 0. The molecule has 6 heteroatoms. The number of allylic oxidation sites excluding steroid dienone is 1. The number of unbranched alkanes of at least 4 members (excludes halogenated alkanes) is 3. The van der Waals surface area contributed by atoms with E-state index in [1.54, 1.807) is 6.08 Å². The average Bonchev–Trinajstić information content (AvgIpc) is 2.95. The zero-order valence-corrected chi connectivity index (χ0v) is 15.2. The quantitative estimate of drug-likeness (QED) is 0.554. The molecule has 0 spiro atoms. The van der Waals surface area contributed by atoms with Crippen LogP contribution in [0.4, 0.5) is 13.2 Å². The number of hydrogen-bond acceptors (Lipinski definition) is 2. The monoisotopic (exact) mass is 382 g/mol. The second-order valence-corrected chi connectivity index (χ2v) is 7.10. The van der Waals surface area contributed by atoms with Crippen LogP contribution in [0.3, 0.4) is 0 Å². The number of carbonyl (C=O) groups excluding carboxylic acids is 1. The Hall–Kier alpha value is -2.11. The van der Waals surface area contributed by atoms with Gasteiger partial charge >= 0.3 is 12.1 Å². The highest BCUT2D eigenvalue weighted by Gasteiger charge is 2.32. The van der Waals surface area contributed by atoms with Crippen molar-refractivity contribution < 1.29 is 27.9 Å². The van der Waals surface area contributed by atoms with Crippen molar-refractivity contribution in [2.45, 2.75) is 57.5 Å². The average molecular weight is 382 g/mol. The summed E-state index contributed by atoms with van der Waals surface area (Å²) in [4.78, 5) is 22.6. The molecule has 1 aromatic rings. The third kappa shape index (κ3) is 6.85. The number of Topliss-reactive ketones (excluding diaryl/α,β-unsaturated/α-hetero) is 1. The molecule has 1 aromatic carbocycles. The Morgan fingerprint density at radius 2 is 1.78 bits per heavy atom. The van der Waals surface area contributed by atoms with Gasteiger partial charge in [0.15, 0.2) is 0 Å². The maximum absolute atomic E-state index is 12.6. The largest absolute Gasteiger partial charge is 0.481 e. The Kier molecular flexibility index (Phi) is 7.63. The van der Waals surface area contributed by atoms with Crippen LogP contribution in [0.1, 0.15) is 62.5 Å². The van der Waals surface area contributed by atoms with Crippen molar-refractivity contribution in [3.05, 3.63) is 41.5 Å². The molecule has 0 bridgehead atoms. The predicted octanol–water partition coefficient (Wildman–Crippen LogP) is 5.74. The maximum Gasteiger partial charge on any atom is 0.416 e. The van der Waals surface area contributed by atoms with Crippen LogP contribution in [-0.2, 0) is 15.8 Å². The number of carbonyl (C=O) groups is 2. The third-order valence-electron chi connectivity index (χ3n) is 5.08. The summed E-state index contributed by atoms with van der Waals surface area (Å²) in [5, 5.41) is 8.61. The van der Waals surface area contributed by atoms with Crippen molar-refractivity contribution in [2.75, 3.05) is 0 Å². The lowest BCUT2D eigenvalue weighted by molar-refractivity contribution is -0.138. The topological polar surface area (TPSA) is 54.4 Å². The molecule has 27 heavy (non-hydrogen) atoms. The molecule has 1 fully saturated rings. The number of alkyl halides is 3. The lowest BCUT2D eigenvalue weighted by atomic mass is 9.89. The molecule has 2 rings (SSSR count). The number of ketones is 1. The molecule has 0 heterocycles. The van der Waals surface area contributed by atoms with Crippen LogP contribution < -0.4 is 0 Å². The van der Waals surface area contributed by atoms with E-state index < -0.39 is 17.7 Å². The molecule has 0 aromatic heterocycles. The van der Waals surface area contributed by atoms with Gasteiger partial charge in [0.1, 0.15) is 5.78 Å². The van der Waals surface area contributed by atoms with E-state index in [2.05, 4.69) is 0 Å². The normalized spacial score (nSPS) is 20.5. The van der Waals surface area contributed by atoms with Gasteiger partial charge in [0, 0.05) is 18.8 Å². The number of aliphatic carboxylic acids is 1. The number of carboxylic acids is 1. The molecular formula is C21H25F3O3. The highest BCUT2D eigenvalue weighted by Crippen LogP contribution is 2.34. The van der Waals surface area contributed by atoms with Crippen molar-refractivity contribution in [3.63, 3.8) is 0 Å². The maximum atomic E-state index is 12.6. The number of rotatable bonds is 9. The third-order valence-corrected chi connectivity index (χ3v) is 5.08. The number of benzene rings is 1. The fourth-order valence-electron chi connectivity index (χ4n) is 3.55. The molecule has 0 unspecified atom stereocenters. The van der Waals surface area contributed by atoms with Gasteiger partial charge in [-0.25, -0.2) is 0 Å². The van der Waals surface area contributed by atoms with E-state index in [0.29, 0.717) is 18.4 Å². The van der Waals surface area contributed by atoms with Crippen LogP contribution in [-0.4, -0.2) is 16.9 Å². The molecule has 3 nitrogen and oxygen atoms in total. The summed E-state index contributed by atoms with van der Waals surface area (Å²) < 4.78 is 37.8. The fourth-order valence-corrected chi connectivity index (χ4v) is 3.55. The van der Waals surface area contributed by atoms with Crippen LogP contribution >= 0.6 is 0 Å². The Morgan fingerprint density at radius 3 is 2.41 bits per heavy atom. The summed E-state index contributed by atoms with van der Waals surface area (Å²) in [6.07, 6.45) is 5.00. The minimum atomic E-state index is -4.34. The minimum absolute atomic E-state index is 0.0322. The lowest BCUT2D eigenvalue weighted by Gasteiger charge is -2.15. The molecule has 2 atom stereocenters. The molecule has 0 aliphatic heterocycles. The lowest BCUT2D eigenvalue weighted by Crippen LogP contribution is -2.13. The highest BCUT2D eigenvalue weighted by atomic mass is 19.4. The number of carboxylic acid groups (broad SMARTS) is 1.